The zero-order valence-electron chi connectivity index (χ0n) is 10.1. The third kappa shape index (κ3) is 4.92. The monoisotopic (exact) mass is 248 g/mol. The van der Waals surface area contributed by atoms with Crippen molar-refractivity contribution in [2.45, 2.75) is 11.8 Å². The number of hydrogen-bond acceptors (Lipinski definition) is 3. The Bertz CT molecular complexity index is 400. The zero-order valence-corrected chi connectivity index (χ0v) is 10.9. The summed E-state index contributed by atoms with van der Waals surface area (Å²) in [5, 5.41) is 8.68. The molecule has 1 atom stereocenters. The van der Waals surface area contributed by atoms with Crippen molar-refractivity contribution in [1.29, 1.82) is 5.26 Å². The molecule has 1 rings (SSSR count). The summed E-state index contributed by atoms with van der Waals surface area (Å²) in [6.07, 6.45) is 0. The maximum atomic E-state index is 11.8. The van der Waals surface area contributed by atoms with Crippen LogP contribution in [-0.2, 0) is 4.79 Å². The van der Waals surface area contributed by atoms with Crippen LogP contribution in [0.25, 0.3) is 0 Å². The van der Waals surface area contributed by atoms with E-state index in [0.717, 1.165) is 4.90 Å². The lowest BCUT2D eigenvalue weighted by Gasteiger charge is -2.17. The molecule has 4 heteroatoms. The van der Waals surface area contributed by atoms with Crippen LogP contribution in [0.5, 0.6) is 0 Å². The van der Waals surface area contributed by atoms with Gasteiger partial charge in [-0.3, -0.25) is 4.79 Å². The molecule has 0 aromatic heterocycles. The topological polar surface area (TPSA) is 44.1 Å². The molecule has 90 valence electrons. The molecule has 0 heterocycles. The predicted molar refractivity (Wildman–Crippen MR) is 69.6 cm³/mol. The maximum Gasteiger partial charge on any atom is 0.232 e. The molecule has 1 unspecified atom stereocenters. The molecule has 1 amide bonds. The van der Waals surface area contributed by atoms with Crippen LogP contribution in [0.1, 0.15) is 6.92 Å². The smallest absolute Gasteiger partial charge is 0.232 e. The predicted octanol–water partition coefficient (Wildman–Crippen LogP) is 2.40. The van der Waals surface area contributed by atoms with Crippen LogP contribution in [0, 0.1) is 17.2 Å². The largest absolute Gasteiger partial charge is 0.344 e. The van der Waals surface area contributed by atoms with Gasteiger partial charge in [-0.15, -0.1) is 11.8 Å². The van der Waals surface area contributed by atoms with Crippen LogP contribution in [0.4, 0.5) is 0 Å². The normalized spacial score (nSPS) is 11.6. The Kier molecular flexibility index (Phi) is 5.58. The number of carbonyl (C=O) groups excluding carboxylic acids is 1. The second-order valence-electron chi connectivity index (χ2n) is 3.91. The first-order valence-electron chi connectivity index (χ1n) is 5.45. The SMILES string of the molecule is CC(C#N)CN(C)C(=O)CSc1ccccc1. The van der Waals surface area contributed by atoms with E-state index in [4.69, 9.17) is 5.26 Å². The van der Waals surface area contributed by atoms with Gasteiger partial charge in [0.05, 0.1) is 17.7 Å². The number of carbonyl (C=O) groups is 1. The van der Waals surface area contributed by atoms with Gasteiger partial charge in [-0.2, -0.15) is 5.26 Å². The van der Waals surface area contributed by atoms with E-state index >= 15 is 0 Å². The van der Waals surface area contributed by atoms with E-state index in [1.807, 2.05) is 37.3 Å². The molecule has 17 heavy (non-hydrogen) atoms. The van der Waals surface area contributed by atoms with E-state index in [2.05, 4.69) is 6.07 Å². The van der Waals surface area contributed by atoms with Crippen molar-refractivity contribution in [3.8, 4) is 6.07 Å². The summed E-state index contributed by atoms with van der Waals surface area (Å²) in [4.78, 5) is 14.5. The lowest BCUT2D eigenvalue weighted by atomic mass is 10.2. The van der Waals surface area contributed by atoms with Gasteiger partial charge in [0.15, 0.2) is 0 Å². The number of amides is 1. The highest BCUT2D eigenvalue weighted by Gasteiger charge is 2.12. The summed E-state index contributed by atoms with van der Waals surface area (Å²) in [6.45, 7) is 2.30. The first kappa shape index (κ1) is 13.6. The summed E-state index contributed by atoms with van der Waals surface area (Å²) in [5.74, 6) is 0.352. The van der Waals surface area contributed by atoms with Crippen molar-refractivity contribution >= 4 is 17.7 Å². The molecule has 0 bridgehead atoms. The molecule has 0 aliphatic rings. The minimum absolute atomic E-state index is 0.0564. The molecule has 0 N–H and O–H groups in total. The second-order valence-corrected chi connectivity index (χ2v) is 4.95. The number of nitrogens with zero attached hydrogens (tertiary/aromatic N) is 2. The van der Waals surface area contributed by atoms with E-state index in [1.54, 1.807) is 11.9 Å². The van der Waals surface area contributed by atoms with Crippen molar-refractivity contribution in [3.63, 3.8) is 0 Å². The molecule has 1 aromatic rings. The maximum absolute atomic E-state index is 11.8. The Balaban J connectivity index is 2.37. The average Bonchev–Trinajstić information content (AvgIpc) is 2.36. The number of benzene rings is 1. The van der Waals surface area contributed by atoms with E-state index in [-0.39, 0.29) is 11.8 Å². The molecule has 0 saturated carbocycles. The number of rotatable bonds is 5. The molecule has 0 fully saturated rings. The van der Waals surface area contributed by atoms with Gasteiger partial charge in [-0.25, -0.2) is 0 Å². The van der Waals surface area contributed by atoms with Crippen LogP contribution >= 0.6 is 11.8 Å². The van der Waals surface area contributed by atoms with Crippen molar-refractivity contribution in [3.05, 3.63) is 30.3 Å². The summed E-state index contributed by atoms with van der Waals surface area (Å²) in [7, 11) is 1.74. The number of hydrogen-bond donors (Lipinski definition) is 0. The number of nitriles is 1. The average molecular weight is 248 g/mol. The highest BCUT2D eigenvalue weighted by molar-refractivity contribution is 8.00. The van der Waals surface area contributed by atoms with Gasteiger partial charge in [0.25, 0.3) is 0 Å². The van der Waals surface area contributed by atoms with E-state index in [1.165, 1.54) is 11.8 Å². The van der Waals surface area contributed by atoms with Gasteiger partial charge in [0, 0.05) is 18.5 Å². The molecule has 1 aromatic carbocycles. The second kappa shape index (κ2) is 6.97. The van der Waals surface area contributed by atoms with Crippen LogP contribution in [0.2, 0.25) is 0 Å². The van der Waals surface area contributed by atoms with Gasteiger partial charge in [0.1, 0.15) is 0 Å². The fourth-order valence-electron chi connectivity index (χ4n) is 1.33. The molecule has 0 aliphatic carbocycles. The first-order valence-corrected chi connectivity index (χ1v) is 6.43. The molecule has 0 radical (unpaired) electrons. The van der Waals surface area contributed by atoms with E-state index < -0.39 is 0 Å². The minimum atomic E-state index is -0.120. The molecule has 0 saturated heterocycles. The Hall–Kier alpha value is -1.47. The Morgan fingerprint density at radius 2 is 2.12 bits per heavy atom. The van der Waals surface area contributed by atoms with E-state index in [9.17, 15) is 4.79 Å². The van der Waals surface area contributed by atoms with Gasteiger partial charge in [-0.1, -0.05) is 18.2 Å². The fraction of sp³-hybridized carbons (Fsp3) is 0.385. The van der Waals surface area contributed by atoms with Gasteiger partial charge in [0.2, 0.25) is 5.91 Å². The lowest BCUT2D eigenvalue weighted by Crippen LogP contribution is -2.31. The molecule has 0 spiro atoms. The van der Waals surface area contributed by atoms with Crippen LogP contribution in [0.3, 0.4) is 0 Å². The van der Waals surface area contributed by atoms with Crippen molar-refractivity contribution in [2.24, 2.45) is 5.92 Å². The zero-order chi connectivity index (χ0) is 12.7. The highest BCUT2D eigenvalue weighted by atomic mass is 32.2. The Labute approximate surface area is 106 Å². The molecular formula is C13H16N2OS. The Morgan fingerprint density at radius 1 is 1.47 bits per heavy atom. The third-order valence-corrected chi connectivity index (χ3v) is 3.30. The third-order valence-electron chi connectivity index (χ3n) is 2.30. The highest BCUT2D eigenvalue weighted by Crippen LogP contribution is 2.17. The standard InChI is InChI=1S/C13H16N2OS/c1-11(8-14)9-15(2)13(16)10-17-12-6-4-3-5-7-12/h3-7,11H,9-10H2,1-2H3. The summed E-state index contributed by atoms with van der Waals surface area (Å²) < 4.78 is 0. The summed E-state index contributed by atoms with van der Waals surface area (Å²) >= 11 is 1.52. The quantitative estimate of drug-likeness (QED) is 0.752. The Morgan fingerprint density at radius 3 is 2.71 bits per heavy atom. The van der Waals surface area contributed by atoms with Crippen LogP contribution in [-0.4, -0.2) is 30.2 Å². The molecular weight excluding hydrogens is 232 g/mol. The van der Waals surface area contributed by atoms with Crippen molar-refractivity contribution in [2.75, 3.05) is 19.3 Å². The molecule has 3 nitrogen and oxygen atoms in total. The van der Waals surface area contributed by atoms with Crippen LogP contribution < -0.4 is 0 Å². The first-order chi connectivity index (χ1) is 8.13. The van der Waals surface area contributed by atoms with E-state index in [0.29, 0.717) is 12.3 Å². The fourth-order valence-corrected chi connectivity index (χ4v) is 2.19. The van der Waals surface area contributed by atoms with Crippen LogP contribution in [0.15, 0.2) is 35.2 Å². The lowest BCUT2D eigenvalue weighted by molar-refractivity contribution is -0.127. The molecule has 0 aliphatic heterocycles. The van der Waals surface area contributed by atoms with Gasteiger partial charge < -0.3 is 4.90 Å². The number of thioether (sulfide) groups is 1. The van der Waals surface area contributed by atoms with Gasteiger partial charge in [-0.05, 0) is 19.1 Å². The minimum Gasteiger partial charge on any atom is -0.344 e. The van der Waals surface area contributed by atoms with Crippen molar-refractivity contribution in [1.82, 2.24) is 4.90 Å². The summed E-state index contributed by atoms with van der Waals surface area (Å²) in [6, 6.07) is 11.9. The summed E-state index contributed by atoms with van der Waals surface area (Å²) in [5.41, 5.74) is 0. The van der Waals surface area contributed by atoms with Crippen molar-refractivity contribution < 1.29 is 4.79 Å². The van der Waals surface area contributed by atoms with Gasteiger partial charge >= 0.3 is 0 Å².